The number of halogens is 2. The molecule has 3 aromatic heterocycles. The van der Waals surface area contributed by atoms with Crippen LogP contribution in [-0.2, 0) is 16.3 Å². The van der Waals surface area contributed by atoms with E-state index in [0.717, 1.165) is 18.5 Å². The van der Waals surface area contributed by atoms with Crippen molar-refractivity contribution >= 4 is 27.1 Å². The van der Waals surface area contributed by atoms with E-state index in [-0.39, 0.29) is 29.6 Å². The van der Waals surface area contributed by atoms with Crippen molar-refractivity contribution in [1.82, 2.24) is 14.0 Å². The Balaban J connectivity index is 0.00000341. The molecule has 0 aliphatic carbocycles. The maximum absolute atomic E-state index is 12.9. The number of fused-ring (bicyclic) bond motifs is 1. The van der Waals surface area contributed by atoms with E-state index >= 15 is 0 Å². The zero-order valence-corrected chi connectivity index (χ0v) is 16.8. The summed E-state index contributed by atoms with van der Waals surface area (Å²) >= 11 is 0. The number of pyridine rings is 2. The van der Waals surface area contributed by atoms with Gasteiger partial charge in [-0.3, -0.25) is 14.2 Å². The second-order valence-corrected chi connectivity index (χ2v) is 8.76. The number of anilines is 1. The summed E-state index contributed by atoms with van der Waals surface area (Å²) in [7, 11) is -1.79. The molecule has 12 heteroatoms. The molecule has 3 heterocycles. The van der Waals surface area contributed by atoms with Gasteiger partial charge in [0.05, 0.1) is 18.6 Å². The largest absolute Gasteiger partial charge is 0.494 e. The molecule has 0 saturated carbocycles. The van der Waals surface area contributed by atoms with E-state index in [0.29, 0.717) is 11.3 Å². The highest BCUT2D eigenvalue weighted by atomic mass is 32.2. The van der Waals surface area contributed by atoms with Crippen LogP contribution < -0.4 is 15.6 Å². The number of nitrogens with zero attached hydrogens (tertiary/aromatic N) is 3. The summed E-state index contributed by atoms with van der Waals surface area (Å²) in [5.74, 6) is -0.728. The van der Waals surface area contributed by atoms with Crippen LogP contribution in [0.3, 0.4) is 0 Å². The highest BCUT2D eigenvalue weighted by molar-refractivity contribution is 7.90. The van der Waals surface area contributed by atoms with Gasteiger partial charge in [0.25, 0.3) is 11.5 Å². The number of amides is 1. The summed E-state index contributed by atoms with van der Waals surface area (Å²) in [5, 5.41) is 2.48. The van der Waals surface area contributed by atoms with Gasteiger partial charge < -0.3 is 14.5 Å². The van der Waals surface area contributed by atoms with Crippen molar-refractivity contribution in [2.24, 2.45) is 0 Å². The molecule has 0 spiro atoms. The van der Waals surface area contributed by atoms with Gasteiger partial charge in [-0.25, -0.2) is 13.4 Å². The van der Waals surface area contributed by atoms with Crippen LogP contribution in [0, 0.1) is 0 Å². The minimum Gasteiger partial charge on any atom is -0.494 e. The normalized spacial score (nSPS) is 11.8. The predicted molar refractivity (Wildman–Crippen MR) is 107 cm³/mol. The number of nitrogens with one attached hydrogen (secondary N) is 1. The third-order valence-corrected chi connectivity index (χ3v) is 5.18. The number of ether oxygens (including phenoxy) is 1. The minimum atomic E-state index is -3.16. The molecule has 0 unspecified atom stereocenters. The lowest BCUT2D eigenvalue weighted by atomic mass is 10.2. The van der Waals surface area contributed by atoms with Gasteiger partial charge in [-0.15, -0.1) is 0 Å². The molecule has 0 radical (unpaired) electrons. The summed E-state index contributed by atoms with van der Waals surface area (Å²) in [5.41, 5.74) is -0.439. The zero-order chi connectivity index (χ0) is 22.1. The van der Waals surface area contributed by atoms with Gasteiger partial charge in [0.2, 0.25) is 0 Å². The van der Waals surface area contributed by atoms with Crippen molar-refractivity contribution in [2.45, 2.75) is 13.0 Å². The second-order valence-electron chi connectivity index (χ2n) is 6.50. The number of imidazole rings is 1. The Morgan fingerprint density at radius 1 is 1.37 bits per heavy atom. The van der Waals surface area contributed by atoms with Gasteiger partial charge in [0.15, 0.2) is 0 Å². The van der Waals surface area contributed by atoms with Gasteiger partial charge >= 0.3 is 6.55 Å². The fourth-order valence-electron chi connectivity index (χ4n) is 2.77. The molecule has 3 rings (SSSR count). The Hall–Kier alpha value is -3.28. The molecule has 0 bridgehead atoms. The fraction of sp³-hybridized carbons (Fsp3) is 0.278. The maximum atomic E-state index is 12.9. The number of aryl methyl sites for hydroxylation is 1. The van der Waals surface area contributed by atoms with Gasteiger partial charge in [-0.2, -0.15) is 8.78 Å². The first-order chi connectivity index (χ1) is 14.1. The average Bonchev–Trinajstić information content (AvgIpc) is 3.06. The summed E-state index contributed by atoms with van der Waals surface area (Å²) in [6.45, 7) is -3.08. The van der Waals surface area contributed by atoms with Gasteiger partial charge in [-0.1, -0.05) is 0 Å². The van der Waals surface area contributed by atoms with Crippen LogP contribution in [0.2, 0.25) is 0 Å². The summed E-state index contributed by atoms with van der Waals surface area (Å²) < 4.78 is 55.4. The molecule has 9 nitrogen and oxygen atoms in total. The molecule has 3 aromatic rings. The average molecular weight is 442 g/mol. The van der Waals surface area contributed by atoms with Crippen molar-refractivity contribution in [2.75, 3.05) is 24.4 Å². The van der Waals surface area contributed by atoms with Crippen molar-refractivity contribution < 1.29 is 28.2 Å². The van der Waals surface area contributed by atoms with E-state index in [1.807, 2.05) is 0 Å². The first-order valence-corrected chi connectivity index (χ1v) is 10.7. The van der Waals surface area contributed by atoms with Crippen LogP contribution >= 0.6 is 0 Å². The molecule has 0 atom stereocenters. The van der Waals surface area contributed by atoms with Crippen LogP contribution in [0.4, 0.5) is 14.5 Å². The molecule has 30 heavy (non-hydrogen) atoms. The predicted octanol–water partition coefficient (Wildman–Crippen LogP) is 1.99. The van der Waals surface area contributed by atoms with Crippen LogP contribution in [0.15, 0.2) is 41.6 Å². The van der Waals surface area contributed by atoms with Crippen LogP contribution in [0.1, 0.15) is 24.0 Å². The van der Waals surface area contributed by atoms with Crippen LogP contribution in [0.25, 0.3) is 5.65 Å². The topological polar surface area (TPSA) is 112 Å². The van der Waals surface area contributed by atoms with E-state index in [4.69, 9.17) is 4.74 Å². The maximum Gasteiger partial charge on any atom is 0.321 e. The Morgan fingerprint density at radius 2 is 2.10 bits per heavy atom. The third-order valence-electron chi connectivity index (χ3n) is 4.23. The lowest BCUT2D eigenvalue weighted by Gasteiger charge is -2.11. The molecule has 1 N–H and O–H groups in total. The molecule has 0 saturated heterocycles. The van der Waals surface area contributed by atoms with E-state index in [1.54, 1.807) is 10.6 Å². The highest BCUT2D eigenvalue weighted by Gasteiger charge is 2.18. The third kappa shape index (κ3) is 4.64. The Morgan fingerprint density at radius 3 is 2.73 bits per heavy atom. The van der Waals surface area contributed by atoms with E-state index in [1.165, 1.54) is 25.4 Å². The standard InChI is InChI=1S/C18H18F2N4O5S.H2/c1-29-14-8-15-21-11(5-7-30(2,27)28)9-23(15)10-13(14)22-16(25)12-4-3-6-24(17(12)26)18(19)20;/h3-4,6,8-10,18H,5,7H2,1-2H3,(H,22,25);1H. The fourth-order valence-corrected chi connectivity index (χ4v) is 3.35. The molecular formula is C18H20F2N4O5S. The lowest BCUT2D eigenvalue weighted by molar-refractivity contribution is 0.0659. The van der Waals surface area contributed by atoms with Gasteiger partial charge in [0, 0.05) is 38.8 Å². The smallest absolute Gasteiger partial charge is 0.321 e. The number of carbonyl (C=O) groups is 1. The van der Waals surface area contributed by atoms with Crippen molar-refractivity contribution in [3.63, 3.8) is 0 Å². The summed E-state index contributed by atoms with van der Waals surface area (Å²) in [6.07, 6.45) is 5.30. The molecule has 0 fully saturated rings. The molecule has 162 valence electrons. The Kier molecular flexibility index (Phi) is 5.87. The molecular weight excluding hydrogens is 422 g/mol. The lowest BCUT2D eigenvalue weighted by Crippen LogP contribution is -2.29. The Labute approximate surface area is 171 Å². The number of rotatable bonds is 7. The number of hydrogen-bond donors (Lipinski definition) is 1. The first-order valence-electron chi connectivity index (χ1n) is 8.63. The summed E-state index contributed by atoms with van der Waals surface area (Å²) in [4.78, 5) is 28.9. The Bertz CT molecular complexity index is 1270. The molecule has 0 aliphatic rings. The van der Waals surface area contributed by atoms with Crippen LogP contribution in [-0.4, -0.2) is 47.4 Å². The van der Waals surface area contributed by atoms with Crippen molar-refractivity contribution in [3.8, 4) is 5.75 Å². The monoisotopic (exact) mass is 442 g/mol. The van der Waals surface area contributed by atoms with E-state index in [9.17, 15) is 26.8 Å². The van der Waals surface area contributed by atoms with Crippen molar-refractivity contribution in [1.29, 1.82) is 0 Å². The number of sulfone groups is 1. The number of methoxy groups -OCH3 is 1. The first kappa shape index (κ1) is 21.4. The highest BCUT2D eigenvalue weighted by Crippen LogP contribution is 2.26. The molecule has 1 amide bonds. The van der Waals surface area contributed by atoms with Gasteiger partial charge in [-0.05, 0) is 12.1 Å². The van der Waals surface area contributed by atoms with E-state index < -0.39 is 33.4 Å². The number of alkyl halides is 2. The summed E-state index contributed by atoms with van der Waals surface area (Å²) in [6, 6.07) is 3.83. The van der Waals surface area contributed by atoms with Crippen molar-refractivity contribution in [3.05, 3.63) is 58.4 Å². The van der Waals surface area contributed by atoms with Gasteiger partial charge in [0.1, 0.15) is 32.5 Å². The van der Waals surface area contributed by atoms with E-state index in [2.05, 4.69) is 10.3 Å². The number of aromatic nitrogens is 3. The number of carbonyl (C=O) groups excluding carboxylic acids is 1. The van der Waals surface area contributed by atoms with Crippen LogP contribution in [0.5, 0.6) is 5.75 Å². The molecule has 0 aromatic carbocycles. The minimum absolute atomic E-state index is 0. The number of hydrogen-bond acceptors (Lipinski definition) is 6. The quantitative estimate of drug-likeness (QED) is 0.599. The molecule has 0 aliphatic heterocycles. The SMILES string of the molecule is COc1cc2nc(CCS(C)(=O)=O)cn2cc1NC(=O)c1cccn(C(F)F)c1=O.[HH]. The second kappa shape index (κ2) is 8.22. The zero-order valence-electron chi connectivity index (χ0n) is 16.0.